The molecule has 0 saturated carbocycles. The van der Waals surface area contributed by atoms with E-state index in [0.29, 0.717) is 11.3 Å². The minimum Gasteiger partial charge on any atom is -0.457 e. The number of rotatable bonds is 4. The second-order valence-corrected chi connectivity index (χ2v) is 6.39. The standard InChI is InChI=1S/C21H24O3/c1-12(2)21(22)24-20-16(6)10-18(11-17(20)7)23-19-14(4)8-13(3)9-15(19)5/h8-11H,1H2,2-7H3. The van der Waals surface area contributed by atoms with Crippen molar-refractivity contribution in [2.75, 3.05) is 0 Å². The predicted octanol–water partition coefficient (Wildman–Crippen LogP) is 5.50. The van der Waals surface area contributed by atoms with Gasteiger partial charge in [0.25, 0.3) is 0 Å². The van der Waals surface area contributed by atoms with Gasteiger partial charge in [-0.15, -0.1) is 0 Å². The number of hydrogen-bond donors (Lipinski definition) is 0. The van der Waals surface area contributed by atoms with E-state index in [-0.39, 0.29) is 0 Å². The first-order valence-electron chi connectivity index (χ1n) is 7.93. The fourth-order valence-electron chi connectivity index (χ4n) is 2.76. The summed E-state index contributed by atoms with van der Waals surface area (Å²) in [7, 11) is 0. The highest BCUT2D eigenvalue weighted by molar-refractivity contribution is 5.89. The van der Waals surface area contributed by atoms with Gasteiger partial charge >= 0.3 is 5.97 Å². The molecule has 3 heteroatoms. The van der Waals surface area contributed by atoms with Crippen molar-refractivity contribution in [3.63, 3.8) is 0 Å². The van der Waals surface area contributed by atoms with E-state index in [2.05, 4.69) is 25.6 Å². The van der Waals surface area contributed by atoms with E-state index in [1.807, 2.05) is 39.8 Å². The second-order valence-electron chi connectivity index (χ2n) is 6.39. The van der Waals surface area contributed by atoms with Crippen molar-refractivity contribution in [2.45, 2.75) is 41.5 Å². The molecule has 0 aromatic heterocycles. The van der Waals surface area contributed by atoms with Crippen LogP contribution in [0.2, 0.25) is 0 Å². The molecule has 0 aliphatic rings. The van der Waals surface area contributed by atoms with Crippen molar-refractivity contribution in [1.29, 1.82) is 0 Å². The van der Waals surface area contributed by atoms with Crippen LogP contribution in [0.1, 0.15) is 34.7 Å². The quantitative estimate of drug-likeness (QED) is 0.423. The van der Waals surface area contributed by atoms with Gasteiger partial charge in [0.05, 0.1) is 0 Å². The summed E-state index contributed by atoms with van der Waals surface area (Å²) in [5, 5.41) is 0. The van der Waals surface area contributed by atoms with Crippen molar-refractivity contribution in [3.05, 3.63) is 64.2 Å². The van der Waals surface area contributed by atoms with Crippen LogP contribution >= 0.6 is 0 Å². The molecule has 24 heavy (non-hydrogen) atoms. The van der Waals surface area contributed by atoms with Gasteiger partial charge in [0.2, 0.25) is 0 Å². The summed E-state index contributed by atoms with van der Waals surface area (Å²) in [6.45, 7) is 15.2. The summed E-state index contributed by atoms with van der Waals surface area (Å²) in [4.78, 5) is 11.8. The minimum atomic E-state index is -0.417. The maximum Gasteiger partial charge on any atom is 0.338 e. The van der Waals surface area contributed by atoms with Crippen LogP contribution in [0.25, 0.3) is 0 Å². The maximum absolute atomic E-state index is 11.8. The third-order valence-corrected chi connectivity index (χ3v) is 3.80. The Morgan fingerprint density at radius 3 is 1.75 bits per heavy atom. The maximum atomic E-state index is 11.8. The Balaban J connectivity index is 2.34. The Morgan fingerprint density at radius 1 is 0.833 bits per heavy atom. The molecule has 2 aromatic carbocycles. The summed E-state index contributed by atoms with van der Waals surface area (Å²) >= 11 is 0. The number of benzene rings is 2. The van der Waals surface area contributed by atoms with Crippen molar-refractivity contribution in [3.8, 4) is 17.2 Å². The number of aryl methyl sites for hydroxylation is 5. The Morgan fingerprint density at radius 2 is 1.29 bits per heavy atom. The molecule has 0 unspecified atom stereocenters. The highest BCUT2D eigenvalue weighted by Gasteiger charge is 2.14. The normalized spacial score (nSPS) is 10.4. The number of carbonyl (C=O) groups is 1. The molecule has 2 aromatic rings. The molecule has 2 rings (SSSR count). The van der Waals surface area contributed by atoms with Crippen molar-refractivity contribution >= 4 is 5.97 Å². The van der Waals surface area contributed by atoms with E-state index in [1.165, 1.54) is 5.56 Å². The average Bonchev–Trinajstić information content (AvgIpc) is 2.46. The van der Waals surface area contributed by atoms with Crippen LogP contribution < -0.4 is 9.47 Å². The first-order chi connectivity index (χ1) is 11.2. The molecule has 0 radical (unpaired) electrons. The zero-order valence-electron chi connectivity index (χ0n) is 15.2. The van der Waals surface area contributed by atoms with Crippen LogP contribution in [-0.4, -0.2) is 5.97 Å². The molecule has 0 saturated heterocycles. The van der Waals surface area contributed by atoms with E-state index >= 15 is 0 Å². The minimum absolute atomic E-state index is 0.375. The van der Waals surface area contributed by atoms with Crippen LogP contribution in [0.3, 0.4) is 0 Å². The second kappa shape index (κ2) is 6.91. The summed E-state index contributed by atoms with van der Waals surface area (Å²) in [6.07, 6.45) is 0. The number of carbonyl (C=O) groups excluding carboxylic acids is 1. The van der Waals surface area contributed by atoms with Crippen molar-refractivity contribution in [1.82, 2.24) is 0 Å². The highest BCUT2D eigenvalue weighted by Crippen LogP contribution is 2.34. The molecule has 3 nitrogen and oxygen atoms in total. The number of esters is 1. The van der Waals surface area contributed by atoms with Gasteiger partial charge in [-0.25, -0.2) is 4.79 Å². The molecular formula is C21H24O3. The zero-order valence-corrected chi connectivity index (χ0v) is 15.2. The fourth-order valence-corrected chi connectivity index (χ4v) is 2.76. The third-order valence-electron chi connectivity index (χ3n) is 3.80. The predicted molar refractivity (Wildman–Crippen MR) is 97.1 cm³/mol. The summed E-state index contributed by atoms with van der Waals surface area (Å²) < 4.78 is 11.5. The Bertz CT molecular complexity index is 770. The molecule has 0 spiro atoms. The molecule has 126 valence electrons. The summed E-state index contributed by atoms with van der Waals surface area (Å²) in [5.41, 5.74) is 5.48. The fraction of sp³-hybridized carbons (Fsp3) is 0.286. The molecule has 0 heterocycles. The smallest absolute Gasteiger partial charge is 0.338 e. The lowest BCUT2D eigenvalue weighted by atomic mass is 10.1. The van der Waals surface area contributed by atoms with Crippen molar-refractivity contribution < 1.29 is 14.3 Å². The van der Waals surface area contributed by atoms with Gasteiger partial charge in [-0.05, 0) is 75.9 Å². The number of ether oxygens (including phenoxy) is 2. The van der Waals surface area contributed by atoms with Gasteiger partial charge in [-0.1, -0.05) is 24.3 Å². The molecule has 0 fully saturated rings. The van der Waals surface area contributed by atoms with Gasteiger partial charge in [0, 0.05) is 5.57 Å². The monoisotopic (exact) mass is 324 g/mol. The first-order valence-corrected chi connectivity index (χ1v) is 7.93. The van der Waals surface area contributed by atoms with Crippen molar-refractivity contribution in [2.24, 2.45) is 0 Å². The topological polar surface area (TPSA) is 35.5 Å². The van der Waals surface area contributed by atoms with E-state index in [4.69, 9.17) is 9.47 Å². The molecule has 0 aliphatic heterocycles. The third kappa shape index (κ3) is 3.85. The van der Waals surface area contributed by atoms with E-state index in [9.17, 15) is 4.79 Å². The number of hydrogen-bond acceptors (Lipinski definition) is 3. The molecule has 0 amide bonds. The Hall–Kier alpha value is -2.55. The van der Waals surface area contributed by atoms with E-state index in [1.54, 1.807) is 6.92 Å². The van der Waals surface area contributed by atoms with Crippen LogP contribution in [0.5, 0.6) is 17.2 Å². The average molecular weight is 324 g/mol. The lowest BCUT2D eigenvalue weighted by Gasteiger charge is -2.16. The van der Waals surface area contributed by atoms with Gasteiger partial charge < -0.3 is 9.47 Å². The highest BCUT2D eigenvalue weighted by atomic mass is 16.5. The Kier molecular flexibility index (Phi) is 5.13. The molecule has 0 atom stereocenters. The van der Waals surface area contributed by atoms with Crippen LogP contribution in [0, 0.1) is 34.6 Å². The SMILES string of the molecule is C=C(C)C(=O)Oc1c(C)cc(Oc2c(C)cc(C)cc2C)cc1C. The zero-order chi connectivity index (χ0) is 18.0. The van der Waals surface area contributed by atoms with Crippen LogP contribution in [-0.2, 0) is 4.79 Å². The van der Waals surface area contributed by atoms with Gasteiger partial charge in [0.1, 0.15) is 17.2 Å². The Labute approximate surface area is 143 Å². The molecule has 0 N–H and O–H groups in total. The first kappa shape index (κ1) is 17.8. The molecule has 0 bridgehead atoms. The van der Waals surface area contributed by atoms with Crippen LogP contribution in [0.15, 0.2) is 36.4 Å². The van der Waals surface area contributed by atoms with Gasteiger partial charge in [-0.2, -0.15) is 0 Å². The lowest BCUT2D eigenvalue weighted by molar-refractivity contribution is -0.130. The van der Waals surface area contributed by atoms with Gasteiger partial charge in [0.15, 0.2) is 0 Å². The van der Waals surface area contributed by atoms with E-state index < -0.39 is 5.97 Å². The van der Waals surface area contributed by atoms with E-state index in [0.717, 1.165) is 33.8 Å². The molecule has 0 aliphatic carbocycles. The molecular weight excluding hydrogens is 300 g/mol. The summed E-state index contributed by atoms with van der Waals surface area (Å²) in [5.74, 6) is 1.74. The van der Waals surface area contributed by atoms with Gasteiger partial charge in [-0.3, -0.25) is 0 Å². The van der Waals surface area contributed by atoms with Crippen LogP contribution in [0.4, 0.5) is 0 Å². The lowest BCUT2D eigenvalue weighted by Crippen LogP contribution is -2.10. The largest absolute Gasteiger partial charge is 0.457 e. The summed E-state index contributed by atoms with van der Waals surface area (Å²) in [6, 6.07) is 7.97.